The number of ether oxygens (including phenoxy) is 3. The first-order valence-corrected chi connectivity index (χ1v) is 8.55. The SMILES string of the molecule is COC(=O)C(O)C(=O)C(C)Oc1ccc(Oc2nc3cc(Cl)ccc3o2)cc1. The molecule has 2 aromatic carbocycles. The fraction of sp³-hybridized carbons (Fsp3) is 0.211. The van der Waals surface area contributed by atoms with Crippen molar-refractivity contribution < 1.29 is 33.3 Å². The molecule has 3 rings (SSSR count). The van der Waals surface area contributed by atoms with Crippen LogP contribution in [0.1, 0.15) is 6.92 Å². The Balaban J connectivity index is 1.64. The summed E-state index contributed by atoms with van der Waals surface area (Å²) in [4.78, 5) is 27.3. The molecule has 2 unspecified atom stereocenters. The van der Waals surface area contributed by atoms with Crippen molar-refractivity contribution in [2.24, 2.45) is 0 Å². The minimum absolute atomic E-state index is 0.0516. The molecular formula is C19H16ClNO7. The molecule has 0 bridgehead atoms. The number of carbonyl (C=O) groups is 2. The normalized spacial score (nSPS) is 13.0. The second kappa shape index (κ2) is 8.28. The van der Waals surface area contributed by atoms with Crippen LogP contribution >= 0.6 is 11.6 Å². The third-order valence-electron chi connectivity index (χ3n) is 3.77. The van der Waals surface area contributed by atoms with E-state index < -0.39 is 24.0 Å². The highest BCUT2D eigenvalue weighted by Crippen LogP contribution is 2.28. The van der Waals surface area contributed by atoms with Gasteiger partial charge in [0.05, 0.1) is 7.11 Å². The number of carbonyl (C=O) groups excluding carboxylic acids is 2. The molecule has 28 heavy (non-hydrogen) atoms. The highest BCUT2D eigenvalue weighted by molar-refractivity contribution is 6.31. The number of rotatable bonds is 7. The lowest BCUT2D eigenvalue weighted by Crippen LogP contribution is -2.39. The van der Waals surface area contributed by atoms with Crippen LogP contribution in [-0.4, -0.2) is 41.2 Å². The Bertz CT molecular complexity index is 999. The van der Waals surface area contributed by atoms with Crippen LogP contribution in [0.5, 0.6) is 17.6 Å². The molecule has 0 radical (unpaired) electrons. The number of hydrogen-bond donors (Lipinski definition) is 1. The molecule has 2 atom stereocenters. The van der Waals surface area contributed by atoms with Crippen molar-refractivity contribution in [1.82, 2.24) is 4.98 Å². The number of fused-ring (bicyclic) bond motifs is 1. The van der Waals surface area contributed by atoms with E-state index in [0.717, 1.165) is 7.11 Å². The fourth-order valence-corrected chi connectivity index (χ4v) is 2.49. The van der Waals surface area contributed by atoms with Gasteiger partial charge >= 0.3 is 12.0 Å². The summed E-state index contributed by atoms with van der Waals surface area (Å²) in [7, 11) is 1.08. The number of benzene rings is 2. The maximum Gasteiger partial charge on any atom is 0.400 e. The molecule has 0 amide bonds. The van der Waals surface area contributed by atoms with Gasteiger partial charge < -0.3 is 23.7 Å². The lowest BCUT2D eigenvalue weighted by atomic mass is 10.1. The first-order valence-electron chi connectivity index (χ1n) is 8.17. The Morgan fingerprint density at radius 3 is 2.50 bits per heavy atom. The Kier molecular flexibility index (Phi) is 5.81. The van der Waals surface area contributed by atoms with Crippen molar-refractivity contribution in [2.75, 3.05) is 7.11 Å². The van der Waals surface area contributed by atoms with E-state index in [4.69, 9.17) is 25.5 Å². The fourth-order valence-electron chi connectivity index (χ4n) is 2.32. The molecule has 0 aliphatic heterocycles. The molecule has 1 N–H and O–H groups in total. The van der Waals surface area contributed by atoms with Gasteiger partial charge in [-0.05, 0) is 49.4 Å². The smallest absolute Gasteiger partial charge is 0.400 e. The molecule has 9 heteroatoms. The highest BCUT2D eigenvalue weighted by Gasteiger charge is 2.30. The Morgan fingerprint density at radius 2 is 1.82 bits per heavy atom. The van der Waals surface area contributed by atoms with Crippen molar-refractivity contribution in [3.05, 3.63) is 47.5 Å². The van der Waals surface area contributed by atoms with Crippen molar-refractivity contribution >= 4 is 34.5 Å². The van der Waals surface area contributed by atoms with Gasteiger partial charge in [0.2, 0.25) is 11.9 Å². The van der Waals surface area contributed by atoms with Gasteiger partial charge in [0.25, 0.3) is 0 Å². The molecule has 1 aromatic heterocycles. The number of aliphatic hydroxyl groups is 1. The van der Waals surface area contributed by atoms with Crippen LogP contribution in [0.2, 0.25) is 5.02 Å². The van der Waals surface area contributed by atoms with Crippen LogP contribution in [0, 0.1) is 0 Å². The van der Waals surface area contributed by atoms with Gasteiger partial charge in [-0.1, -0.05) is 11.6 Å². The summed E-state index contributed by atoms with van der Waals surface area (Å²) in [5, 5.41) is 10.1. The summed E-state index contributed by atoms with van der Waals surface area (Å²) in [5.74, 6) is -1.07. The number of ketones is 1. The molecule has 0 aliphatic rings. The van der Waals surface area contributed by atoms with Crippen molar-refractivity contribution in [2.45, 2.75) is 19.1 Å². The van der Waals surface area contributed by atoms with E-state index in [1.165, 1.54) is 6.92 Å². The van der Waals surface area contributed by atoms with Gasteiger partial charge in [0, 0.05) is 5.02 Å². The molecule has 0 spiro atoms. The van der Waals surface area contributed by atoms with Crippen molar-refractivity contribution in [3.63, 3.8) is 0 Å². The van der Waals surface area contributed by atoms with Crippen LogP contribution in [-0.2, 0) is 14.3 Å². The zero-order valence-electron chi connectivity index (χ0n) is 14.9. The average Bonchev–Trinajstić information content (AvgIpc) is 3.08. The Morgan fingerprint density at radius 1 is 1.14 bits per heavy atom. The first-order chi connectivity index (χ1) is 13.4. The minimum atomic E-state index is -1.89. The van der Waals surface area contributed by atoms with E-state index in [1.807, 2.05) is 0 Å². The van der Waals surface area contributed by atoms with Crippen LogP contribution in [0.3, 0.4) is 0 Å². The van der Waals surface area contributed by atoms with E-state index in [2.05, 4.69) is 9.72 Å². The van der Waals surface area contributed by atoms with Crippen molar-refractivity contribution in [1.29, 1.82) is 0 Å². The summed E-state index contributed by atoms with van der Waals surface area (Å²) < 4.78 is 20.8. The maximum atomic E-state index is 11.9. The van der Waals surface area contributed by atoms with Crippen LogP contribution < -0.4 is 9.47 Å². The molecule has 0 saturated heterocycles. The Labute approximate surface area is 164 Å². The summed E-state index contributed by atoms with van der Waals surface area (Å²) in [6.45, 7) is 1.42. The van der Waals surface area contributed by atoms with Gasteiger partial charge in [0.1, 0.15) is 17.0 Å². The lowest BCUT2D eigenvalue weighted by molar-refractivity contribution is -0.157. The van der Waals surface area contributed by atoms with E-state index in [-0.39, 0.29) is 6.08 Å². The van der Waals surface area contributed by atoms with Gasteiger partial charge in [0.15, 0.2) is 11.7 Å². The summed E-state index contributed by atoms with van der Waals surface area (Å²) in [6.07, 6.45) is -2.89. The van der Waals surface area contributed by atoms with Gasteiger partial charge in [-0.15, -0.1) is 0 Å². The number of aliphatic hydroxyl groups excluding tert-OH is 1. The number of esters is 1. The van der Waals surface area contributed by atoms with Gasteiger partial charge in [-0.3, -0.25) is 4.79 Å². The number of Topliss-reactive ketones (excluding diaryl/α,β-unsaturated/α-hetero) is 1. The molecule has 0 fully saturated rings. The summed E-state index contributed by atoms with van der Waals surface area (Å²) >= 11 is 5.91. The predicted octanol–water partition coefficient (Wildman–Crippen LogP) is 3.14. The second-order valence-corrected chi connectivity index (χ2v) is 6.19. The average molecular weight is 406 g/mol. The second-order valence-electron chi connectivity index (χ2n) is 5.75. The molecule has 8 nitrogen and oxygen atoms in total. The predicted molar refractivity (Wildman–Crippen MR) is 98.7 cm³/mol. The molecule has 3 aromatic rings. The highest BCUT2D eigenvalue weighted by atomic mass is 35.5. The van der Waals surface area contributed by atoms with E-state index in [0.29, 0.717) is 27.6 Å². The van der Waals surface area contributed by atoms with E-state index >= 15 is 0 Å². The zero-order chi connectivity index (χ0) is 20.3. The monoisotopic (exact) mass is 405 g/mol. The molecule has 0 aliphatic carbocycles. The topological polar surface area (TPSA) is 108 Å². The number of methoxy groups -OCH3 is 1. The molecule has 146 valence electrons. The molecule has 1 heterocycles. The Hall–Kier alpha value is -3.10. The largest absolute Gasteiger partial charge is 0.483 e. The summed E-state index contributed by atoms with van der Waals surface area (Å²) in [6, 6.07) is 11.3. The third kappa shape index (κ3) is 4.41. The molecular weight excluding hydrogens is 390 g/mol. The van der Waals surface area contributed by atoms with E-state index in [9.17, 15) is 14.7 Å². The van der Waals surface area contributed by atoms with Crippen molar-refractivity contribution in [3.8, 4) is 17.6 Å². The van der Waals surface area contributed by atoms with Crippen LogP contribution in [0.25, 0.3) is 11.1 Å². The zero-order valence-corrected chi connectivity index (χ0v) is 15.7. The van der Waals surface area contributed by atoms with E-state index in [1.54, 1.807) is 42.5 Å². The van der Waals surface area contributed by atoms with Gasteiger partial charge in [-0.25, -0.2) is 4.79 Å². The maximum absolute atomic E-state index is 11.9. The number of nitrogens with zero attached hydrogens (tertiary/aromatic N) is 1. The van der Waals surface area contributed by atoms with Crippen LogP contribution in [0.4, 0.5) is 0 Å². The van der Waals surface area contributed by atoms with Gasteiger partial charge in [-0.2, -0.15) is 4.98 Å². The number of halogens is 1. The number of hydrogen-bond acceptors (Lipinski definition) is 8. The minimum Gasteiger partial charge on any atom is -0.483 e. The standard InChI is InChI=1S/C19H16ClNO7/c1-10(16(22)17(23)18(24)25-2)26-12-4-6-13(7-5-12)27-19-21-14-9-11(20)3-8-15(14)28-19/h3-10,17,23H,1-2H3. The first kappa shape index (κ1) is 19.7. The molecule has 0 saturated carbocycles. The number of oxazole rings is 1. The van der Waals surface area contributed by atoms with Crippen LogP contribution in [0.15, 0.2) is 46.9 Å². The number of aromatic nitrogens is 1. The summed E-state index contributed by atoms with van der Waals surface area (Å²) in [5.41, 5.74) is 1.11. The quantitative estimate of drug-likeness (QED) is 0.471. The third-order valence-corrected chi connectivity index (χ3v) is 4.00. The lowest BCUT2D eigenvalue weighted by Gasteiger charge is -2.16.